The molecule has 24 heavy (non-hydrogen) atoms. The highest BCUT2D eigenvalue weighted by Crippen LogP contribution is 2.38. The summed E-state index contributed by atoms with van der Waals surface area (Å²) in [6.07, 6.45) is 5.00. The Morgan fingerprint density at radius 3 is 2.71 bits per heavy atom. The Morgan fingerprint density at radius 2 is 1.92 bits per heavy atom. The van der Waals surface area contributed by atoms with Gasteiger partial charge in [0.25, 0.3) is 0 Å². The zero-order valence-corrected chi connectivity index (χ0v) is 13.7. The molecule has 3 aromatic rings. The third-order valence-corrected chi connectivity index (χ3v) is 4.49. The summed E-state index contributed by atoms with van der Waals surface area (Å²) in [4.78, 5) is 11.7. The number of hydrogen-bond donors (Lipinski definition) is 0. The van der Waals surface area contributed by atoms with E-state index < -0.39 is 0 Å². The number of hydrogen-bond acceptors (Lipinski definition) is 3. The molecule has 0 bridgehead atoms. The largest absolute Gasteiger partial charge is 0.485 e. The van der Waals surface area contributed by atoms with Crippen LogP contribution in [0.2, 0.25) is 0 Å². The highest BCUT2D eigenvalue weighted by Gasteiger charge is 2.25. The maximum atomic E-state index is 11.7. The van der Waals surface area contributed by atoms with E-state index >= 15 is 0 Å². The second kappa shape index (κ2) is 5.68. The maximum absolute atomic E-state index is 11.7. The van der Waals surface area contributed by atoms with Gasteiger partial charge in [-0.25, -0.2) is 4.79 Å². The van der Waals surface area contributed by atoms with Crippen LogP contribution >= 0.6 is 0 Å². The molecule has 0 saturated carbocycles. The Labute approximate surface area is 140 Å². The maximum Gasteiger partial charge on any atom is 0.336 e. The van der Waals surface area contributed by atoms with Crippen molar-refractivity contribution in [2.24, 2.45) is 0 Å². The Bertz CT molecular complexity index is 997. The highest BCUT2D eigenvalue weighted by molar-refractivity contribution is 5.86. The van der Waals surface area contributed by atoms with Gasteiger partial charge in [-0.05, 0) is 42.7 Å². The van der Waals surface area contributed by atoms with Crippen LogP contribution < -0.4 is 10.4 Å². The standard InChI is InChI=1S/C21H18O3/c1-13-10-19(22)24-21-14(2)20-16(12-18(13)21)11-17(23-20)9-8-15-6-4-3-5-7-15/h3-10,12,17H,11H2,1-2H3/b9-8+. The van der Waals surface area contributed by atoms with Gasteiger partial charge in [0.15, 0.2) is 0 Å². The van der Waals surface area contributed by atoms with Gasteiger partial charge >= 0.3 is 5.63 Å². The van der Waals surface area contributed by atoms with E-state index in [1.165, 1.54) is 11.6 Å². The number of ether oxygens (including phenoxy) is 1. The molecule has 2 aromatic carbocycles. The summed E-state index contributed by atoms with van der Waals surface area (Å²) in [6, 6.07) is 13.8. The van der Waals surface area contributed by atoms with Crippen molar-refractivity contribution in [3.05, 3.63) is 81.2 Å². The van der Waals surface area contributed by atoms with Gasteiger partial charge in [-0.2, -0.15) is 0 Å². The molecule has 0 fully saturated rings. The fourth-order valence-electron chi connectivity index (χ4n) is 3.28. The average Bonchev–Trinajstić information content (AvgIpc) is 2.99. The van der Waals surface area contributed by atoms with Crippen LogP contribution in [0.1, 0.15) is 22.3 Å². The summed E-state index contributed by atoms with van der Waals surface area (Å²) in [5.41, 5.74) is 4.47. The van der Waals surface area contributed by atoms with E-state index in [4.69, 9.17) is 9.15 Å². The van der Waals surface area contributed by atoms with Gasteiger partial charge in [0.2, 0.25) is 0 Å². The van der Waals surface area contributed by atoms with Crippen molar-refractivity contribution in [2.75, 3.05) is 0 Å². The van der Waals surface area contributed by atoms with Crippen molar-refractivity contribution in [3.63, 3.8) is 0 Å². The van der Waals surface area contributed by atoms with E-state index in [-0.39, 0.29) is 11.7 Å². The first kappa shape index (κ1) is 14.8. The average molecular weight is 318 g/mol. The van der Waals surface area contributed by atoms with Crippen LogP contribution in [0.15, 0.2) is 57.8 Å². The zero-order chi connectivity index (χ0) is 16.7. The van der Waals surface area contributed by atoms with Crippen LogP contribution in [0.25, 0.3) is 17.0 Å². The fourth-order valence-corrected chi connectivity index (χ4v) is 3.28. The van der Waals surface area contributed by atoms with Crippen LogP contribution in [-0.4, -0.2) is 6.10 Å². The molecule has 1 unspecified atom stereocenters. The topological polar surface area (TPSA) is 39.4 Å². The fraction of sp³-hybridized carbons (Fsp3) is 0.190. The number of aryl methyl sites for hydroxylation is 2. The van der Waals surface area contributed by atoms with Crippen LogP contribution in [0.3, 0.4) is 0 Å². The Hall–Kier alpha value is -2.81. The quantitative estimate of drug-likeness (QED) is 0.656. The Balaban J connectivity index is 1.70. The van der Waals surface area contributed by atoms with Crippen molar-refractivity contribution in [3.8, 4) is 5.75 Å². The lowest BCUT2D eigenvalue weighted by Crippen LogP contribution is -2.08. The van der Waals surface area contributed by atoms with Gasteiger partial charge in [0, 0.05) is 23.4 Å². The molecule has 0 amide bonds. The van der Waals surface area contributed by atoms with Crippen molar-refractivity contribution >= 4 is 17.0 Å². The molecule has 4 rings (SSSR count). The Morgan fingerprint density at radius 1 is 1.12 bits per heavy atom. The first-order valence-corrected chi connectivity index (χ1v) is 8.08. The lowest BCUT2D eigenvalue weighted by atomic mass is 10.0. The number of fused-ring (bicyclic) bond motifs is 2. The lowest BCUT2D eigenvalue weighted by molar-refractivity contribution is 0.282. The van der Waals surface area contributed by atoms with E-state index in [0.717, 1.165) is 34.2 Å². The molecule has 1 aromatic heterocycles. The third kappa shape index (κ3) is 2.52. The summed E-state index contributed by atoms with van der Waals surface area (Å²) in [5.74, 6) is 0.846. The van der Waals surface area contributed by atoms with Crippen LogP contribution in [0.4, 0.5) is 0 Å². The van der Waals surface area contributed by atoms with Crippen LogP contribution in [-0.2, 0) is 6.42 Å². The third-order valence-electron chi connectivity index (χ3n) is 4.49. The van der Waals surface area contributed by atoms with Crippen molar-refractivity contribution in [2.45, 2.75) is 26.4 Å². The molecule has 1 atom stereocenters. The minimum absolute atomic E-state index is 0.00254. The molecule has 1 aliphatic heterocycles. The van der Waals surface area contributed by atoms with Gasteiger partial charge in [-0.1, -0.05) is 36.4 Å². The van der Waals surface area contributed by atoms with Crippen molar-refractivity contribution in [1.29, 1.82) is 0 Å². The SMILES string of the molecule is Cc1cc(=O)oc2c(C)c3c(cc12)CC(/C=C/c1ccccc1)O3. The van der Waals surface area contributed by atoms with E-state index in [1.807, 2.05) is 32.0 Å². The molecule has 0 aliphatic carbocycles. The van der Waals surface area contributed by atoms with Crippen LogP contribution in [0.5, 0.6) is 5.75 Å². The highest BCUT2D eigenvalue weighted by atomic mass is 16.5. The summed E-state index contributed by atoms with van der Waals surface area (Å²) in [5, 5.41) is 0.988. The molecule has 120 valence electrons. The van der Waals surface area contributed by atoms with Crippen LogP contribution in [0, 0.1) is 13.8 Å². The molecule has 1 aliphatic rings. The van der Waals surface area contributed by atoms with Gasteiger partial charge in [-0.15, -0.1) is 0 Å². The monoisotopic (exact) mass is 318 g/mol. The minimum atomic E-state index is -0.318. The zero-order valence-electron chi connectivity index (χ0n) is 13.7. The van der Waals surface area contributed by atoms with Gasteiger partial charge < -0.3 is 9.15 Å². The number of benzene rings is 2. The van der Waals surface area contributed by atoms with Gasteiger partial charge in [-0.3, -0.25) is 0 Å². The lowest BCUT2D eigenvalue weighted by Gasteiger charge is -2.09. The smallest absolute Gasteiger partial charge is 0.336 e. The molecule has 0 radical (unpaired) electrons. The molecular formula is C21H18O3. The van der Waals surface area contributed by atoms with Crippen molar-refractivity contribution < 1.29 is 9.15 Å². The summed E-state index contributed by atoms with van der Waals surface area (Å²) in [7, 11) is 0. The van der Waals surface area contributed by atoms with E-state index in [2.05, 4.69) is 30.4 Å². The van der Waals surface area contributed by atoms with E-state index in [9.17, 15) is 4.79 Å². The van der Waals surface area contributed by atoms with Crippen molar-refractivity contribution in [1.82, 2.24) is 0 Å². The molecule has 0 spiro atoms. The second-order valence-electron chi connectivity index (χ2n) is 6.25. The second-order valence-corrected chi connectivity index (χ2v) is 6.25. The molecule has 2 heterocycles. The molecule has 3 nitrogen and oxygen atoms in total. The summed E-state index contributed by atoms with van der Waals surface area (Å²) in [6.45, 7) is 3.89. The number of rotatable bonds is 2. The molecular weight excluding hydrogens is 300 g/mol. The van der Waals surface area contributed by atoms with Gasteiger partial charge in [0.05, 0.1) is 0 Å². The van der Waals surface area contributed by atoms with Gasteiger partial charge in [0.1, 0.15) is 17.4 Å². The molecule has 0 N–H and O–H groups in total. The first-order valence-electron chi connectivity index (χ1n) is 8.08. The predicted octanol–water partition coefficient (Wildman–Crippen LogP) is 4.43. The van der Waals surface area contributed by atoms with E-state index in [1.54, 1.807) is 0 Å². The normalized spacial score (nSPS) is 16.5. The minimum Gasteiger partial charge on any atom is -0.485 e. The van der Waals surface area contributed by atoms with E-state index in [0.29, 0.717) is 5.58 Å². The molecule has 0 saturated heterocycles. The first-order chi connectivity index (χ1) is 11.6. The summed E-state index contributed by atoms with van der Waals surface area (Å²) >= 11 is 0. The Kier molecular flexibility index (Phi) is 3.49. The summed E-state index contributed by atoms with van der Waals surface area (Å²) < 4.78 is 11.5. The predicted molar refractivity (Wildman–Crippen MR) is 95.6 cm³/mol. The molecule has 3 heteroatoms.